The van der Waals surface area contributed by atoms with Gasteiger partial charge in [-0.15, -0.1) is 0 Å². The first-order valence-electron chi connectivity index (χ1n) is 9.94. The molecular weight excluding hydrogens is 384 g/mol. The van der Waals surface area contributed by atoms with E-state index in [2.05, 4.69) is 23.2 Å². The van der Waals surface area contributed by atoms with Crippen LogP contribution in [0.15, 0.2) is 95.7 Å². The summed E-state index contributed by atoms with van der Waals surface area (Å²) in [7, 11) is 0. The van der Waals surface area contributed by atoms with E-state index in [0.717, 1.165) is 22.1 Å². The Morgan fingerprint density at radius 3 is 2.58 bits per heavy atom. The molecule has 0 saturated carbocycles. The third kappa shape index (κ3) is 3.87. The molecule has 31 heavy (non-hydrogen) atoms. The van der Waals surface area contributed by atoms with Crippen molar-refractivity contribution < 1.29 is 4.42 Å². The molecule has 0 amide bonds. The van der Waals surface area contributed by atoms with E-state index < -0.39 is 0 Å². The van der Waals surface area contributed by atoms with Crippen molar-refractivity contribution in [2.45, 2.75) is 6.54 Å². The smallest absolute Gasteiger partial charge is 0.156 e. The number of pyridine rings is 1. The van der Waals surface area contributed by atoms with Gasteiger partial charge in [-0.25, -0.2) is 0 Å². The van der Waals surface area contributed by atoms with Gasteiger partial charge < -0.3 is 4.42 Å². The number of allylic oxidation sites excluding steroid dienone is 1. The second-order valence-corrected chi connectivity index (χ2v) is 7.15. The topological polar surface area (TPSA) is 67.6 Å². The summed E-state index contributed by atoms with van der Waals surface area (Å²) in [5, 5.41) is 15.6. The fourth-order valence-corrected chi connectivity index (χ4v) is 3.53. The number of para-hydroxylation sites is 1. The van der Waals surface area contributed by atoms with Crippen LogP contribution in [0.5, 0.6) is 0 Å². The highest BCUT2D eigenvalue weighted by atomic mass is 16.3. The molecule has 0 atom stereocenters. The Bertz CT molecular complexity index is 1370. The van der Waals surface area contributed by atoms with E-state index in [1.807, 2.05) is 83.7 Å². The van der Waals surface area contributed by atoms with Gasteiger partial charge in [0, 0.05) is 23.3 Å². The Hall–Kier alpha value is -4.43. The fourth-order valence-electron chi connectivity index (χ4n) is 3.53. The second-order valence-electron chi connectivity index (χ2n) is 7.15. The number of nitrogens with zero attached hydrogens (tertiary/aromatic N) is 4. The first kappa shape index (κ1) is 18.6. The standard InChI is InChI=1S/C26H18N4O/c27-16-21(23-11-6-7-13-28-23)14-22-18-30(17-19-8-2-1-3-9-19)29-26(22)25-15-20-10-4-5-12-24(20)31-25/h1-15,18H,17H2/b21-14-. The maximum atomic E-state index is 9.75. The molecule has 0 spiro atoms. The van der Waals surface area contributed by atoms with Crippen LogP contribution in [0.2, 0.25) is 0 Å². The predicted molar refractivity (Wildman–Crippen MR) is 121 cm³/mol. The summed E-state index contributed by atoms with van der Waals surface area (Å²) in [6.45, 7) is 0.618. The lowest BCUT2D eigenvalue weighted by Crippen LogP contribution is -1.99. The molecule has 0 aliphatic rings. The number of hydrogen-bond acceptors (Lipinski definition) is 4. The van der Waals surface area contributed by atoms with Crippen molar-refractivity contribution in [3.8, 4) is 17.5 Å². The lowest BCUT2D eigenvalue weighted by atomic mass is 10.1. The Labute approximate surface area is 179 Å². The van der Waals surface area contributed by atoms with E-state index in [1.165, 1.54) is 0 Å². The van der Waals surface area contributed by atoms with Crippen molar-refractivity contribution in [3.05, 3.63) is 108 Å². The summed E-state index contributed by atoms with van der Waals surface area (Å²) in [6.07, 6.45) is 5.44. The van der Waals surface area contributed by atoms with Gasteiger partial charge in [-0.3, -0.25) is 9.67 Å². The monoisotopic (exact) mass is 402 g/mol. The maximum absolute atomic E-state index is 9.75. The molecule has 3 heterocycles. The molecule has 5 aromatic rings. The van der Waals surface area contributed by atoms with E-state index in [4.69, 9.17) is 9.52 Å². The maximum Gasteiger partial charge on any atom is 0.156 e. The van der Waals surface area contributed by atoms with Crippen molar-refractivity contribution in [3.63, 3.8) is 0 Å². The van der Waals surface area contributed by atoms with Crippen LogP contribution in [0, 0.1) is 11.3 Å². The number of aromatic nitrogens is 3. The molecule has 148 valence electrons. The molecule has 0 aliphatic carbocycles. The van der Waals surface area contributed by atoms with Crippen LogP contribution in [0.25, 0.3) is 34.1 Å². The van der Waals surface area contributed by atoms with Gasteiger partial charge in [-0.1, -0.05) is 54.6 Å². The van der Waals surface area contributed by atoms with Crippen molar-refractivity contribution in [2.24, 2.45) is 0 Å². The molecule has 5 rings (SSSR count). The summed E-state index contributed by atoms with van der Waals surface area (Å²) in [5.41, 5.74) is 4.53. The van der Waals surface area contributed by atoms with Crippen molar-refractivity contribution in [2.75, 3.05) is 0 Å². The first-order chi connectivity index (χ1) is 15.3. The number of hydrogen-bond donors (Lipinski definition) is 0. The summed E-state index contributed by atoms with van der Waals surface area (Å²) in [6, 6.07) is 27.8. The lowest BCUT2D eigenvalue weighted by molar-refractivity contribution is 0.621. The molecule has 2 aromatic carbocycles. The molecule has 0 unspecified atom stereocenters. The zero-order chi connectivity index (χ0) is 21.0. The highest BCUT2D eigenvalue weighted by molar-refractivity contribution is 5.92. The second kappa shape index (κ2) is 8.13. The summed E-state index contributed by atoms with van der Waals surface area (Å²) in [5.74, 6) is 0.664. The quantitative estimate of drug-likeness (QED) is 0.348. The molecule has 5 heteroatoms. The molecule has 0 radical (unpaired) electrons. The molecular formula is C26H18N4O. The average Bonchev–Trinajstić information content (AvgIpc) is 3.42. The Morgan fingerprint density at radius 2 is 1.81 bits per heavy atom. The van der Waals surface area contributed by atoms with Crippen LogP contribution in [0.3, 0.4) is 0 Å². The molecule has 0 saturated heterocycles. The zero-order valence-electron chi connectivity index (χ0n) is 16.6. The van der Waals surface area contributed by atoms with E-state index >= 15 is 0 Å². The van der Waals surface area contributed by atoms with Gasteiger partial charge in [0.05, 0.1) is 17.8 Å². The van der Waals surface area contributed by atoms with Gasteiger partial charge in [-0.05, 0) is 35.9 Å². The van der Waals surface area contributed by atoms with Gasteiger partial charge in [0.15, 0.2) is 5.76 Å². The van der Waals surface area contributed by atoms with Crippen LogP contribution < -0.4 is 0 Å². The average molecular weight is 402 g/mol. The third-order valence-corrected chi connectivity index (χ3v) is 5.00. The van der Waals surface area contributed by atoms with Crippen LogP contribution in [-0.2, 0) is 6.54 Å². The number of fused-ring (bicyclic) bond motifs is 1. The largest absolute Gasteiger partial charge is 0.454 e. The van der Waals surface area contributed by atoms with E-state index in [-0.39, 0.29) is 0 Å². The fraction of sp³-hybridized carbons (Fsp3) is 0.0385. The Kier molecular flexibility index (Phi) is 4.88. The van der Waals surface area contributed by atoms with Crippen LogP contribution in [0.4, 0.5) is 0 Å². The lowest BCUT2D eigenvalue weighted by Gasteiger charge is -2.00. The van der Waals surface area contributed by atoms with E-state index in [0.29, 0.717) is 29.3 Å². The minimum Gasteiger partial charge on any atom is -0.454 e. The van der Waals surface area contributed by atoms with Gasteiger partial charge in [0.1, 0.15) is 17.3 Å². The third-order valence-electron chi connectivity index (χ3n) is 5.00. The Morgan fingerprint density at radius 1 is 1.00 bits per heavy atom. The zero-order valence-corrected chi connectivity index (χ0v) is 16.6. The summed E-state index contributed by atoms with van der Waals surface area (Å²) < 4.78 is 7.95. The van der Waals surface area contributed by atoms with Gasteiger partial charge in [0.25, 0.3) is 0 Å². The molecule has 0 fully saturated rings. The number of furan rings is 1. The summed E-state index contributed by atoms with van der Waals surface area (Å²) in [4.78, 5) is 4.32. The van der Waals surface area contributed by atoms with Gasteiger partial charge in [-0.2, -0.15) is 10.4 Å². The normalized spacial score (nSPS) is 11.5. The van der Waals surface area contributed by atoms with Crippen LogP contribution >= 0.6 is 0 Å². The van der Waals surface area contributed by atoms with Crippen LogP contribution in [0.1, 0.15) is 16.8 Å². The molecule has 0 N–H and O–H groups in total. The van der Waals surface area contributed by atoms with Crippen LogP contribution in [-0.4, -0.2) is 14.8 Å². The minimum atomic E-state index is 0.470. The van der Waals surface area contributed by atoms with Gasteiger partial charge in [0.2, 0.25) is 0 Å². The van der Waals surface area contributed by atoms with Crippen molar-refractivity contribution in [1.29, 1.82) is 5.26 Å². The highest BCUT2D eigenvalue weighted by Crippen LogP contribution is 2.31. The molecule has 3 aromatic heterocycles. The van der Waals surface area contributed by atoms with Crippen molar-refractivity contribution >= 4 is 22.6 Å². The molecule has 5 nitrogen and oxygen atoms in total. The van der Waals surface area contributed by atoms with E-state index in [9.17, 15) is 5.26 Å². The first-order valence-corrected chi connectivity index (χ1v) is 9.94. The highest BCUT2D eigenvalue weighted by Gasteiger charge is 2.16. The van der Waals surface area contributed by atoms with Gasteiger partial charge >= 0.3 is 0 Å². The SMILES string of the molecule is N#C/C(=C/c1cn(Cc2ccccc2)nc1-c1cc2ccccc2o1)c1ccccn1. The predicted octanol–water partition coefficient (Wildman–Crippen LogP) is 5.80. The summed E-state index contributed by atoms with van der Waals surface area (Å²) >= 11 is 0. The van der Waals surface area contributed by atoms with E-state index in [1.54, 1.807) is 6.20 Å². The minimum absolute atomic E-state index is 0.470. The number of benzene rings is 2. The molecule has 0 aliphatic heterocycles. The Balaban J connectivity index is 1.63. The van der Waals surface area contributed by atoms with Crippen molar-refractivity contribution in [1.82, 2.24) is 14.8 Å². The number of nitriles is 1. The number of rotatable bonds is 5. The molecule has 0 bridgehead atoms.